The number of halogens is 2. The van der Waals surface area contributed by atoms with Crippen LogP contribution in [0.3, 0.4) is 0 Å². The molecule has 0 amide bonds. The van der Waals surface area contributed by atoms with Crippen molar-refractivity contribution in [1.82, 2.24) is 5.32 Å². The third-order valence-corrected chi connectivity index (χ3v) is 3.38. The minimum absolute atomic E-state index is 0.294. The van der Waals surface area contributed by atoms with Crippen LogP contribution >= 0.6 is 23.2 Å². The third-order valence-electron chi connectivity index (χ3n) is 3.00. The first-order valence-corrected chi connectivity index (χ1v) is 8.63. The summed E-state index contributed by atoms with van der Waals surface area (Å²) in [6.45, 7) is 1.71. The summed E-state index contributed by atoms with van der Waals surface area (Å²) >= 11 is 10.7. The summed E-state index contributed by atoms with van der Waals surface area (Å²) in [5.41, 5.74) is 1.03. The van der Waals surface area contributed by atoms with E-state index in [1.54, 1.807) is 18.2 Å². The van der Waals surface area contributed by atoms with Gasteiger partial charge in [-0.2, -0.15) is 0 Å². The van der Waals surface area contributed by atoms with Gasteiger partial charge in [0.1, 0.15) is 0 Å². The van der Waals surface area contributed by atoms with Gasteiger partial charge in [0.15, 0.2) is 0 Å². The molecule has 9 heteroatoms. The molecule has 26 heavy (non-hydrogen) atoms. The van der Waals surface area contributed by atoms with Crippen LogP contribution in [0.2, 0.25) is 0 Å². The molecule has 0 aliphatic carbocycles. The minimum atomic E-state index is -1.59. The number of ether oxygens (including phenoxy) is 1. The van der Waals surface area contributed by atoms with Crippen molar-refractivity contribution in [2.24, 2.45) is 0 Å². The zero-order chi connectivity index (χ0) is 19.4. The van der Waals surface area contributed by atoms with Crippen molar-refractivity contribution in [3.63, 3.8) is 0 Å². The smallest absolute Gasteiger partial charge is 0.449 e. The average molecular weight is 401 g/mol. The molecule has 2 N–H and O–H groups in total. The number of alkyl halides is 2. The van der Waals surface area contributed by atoms with Crippen LogP contribution in [0.1, 0.15) is 0 Å². The summed E-state index contributed by atoms with van der Waals surface area (Å²) in [7, 11) is 0. The van der Waals surface area contributed by atoms with Gasteiger partial charge in [0, 0.05) is 30.9 Å². The molecule has 0 spiro atoms. The highest BCUT2D eigenvalue weighted by Gasteiger charge is 2.18. The van der Waals surface area contributed by atoms with Crippen molar-refractivity contribution >= 4 is 35.0 Å². The predicted octanol–water partition coefficient (Wildman–Crippen LogP) is 4.37. The Bertz CT molecular complexity index is 710. The summed E-state index contributed by atoms with van der Waals surface area (Å²) in [6, 6.07) is 13.2. The van der Waals surface area contributed by atoms with Gasteiger partial charge in [0.2, 0.25) is 5.75 Å². The number of nitrogens with zero attached hydrogens (tertiary/aromatic N) is 1. The van der Waals surface area contributed by atoms with Crippen LogP contribution in [0, 0.1) is 10.1 Å². The van der Waals surface area contributed by atoms with Crippen molar-refractivity contribution in [2.75, 3.05) is 24.8 Å². The Balaban J connectivity index is 0.000000412. The monoisotopic (exact) mass is 400 g/mol. The maximum absolute atomic E-state index is 10.9. The van der Waals surface area contributed by atoms with Crippen LogP contribution in [0.5, 0.6) is 5.75 Å². The van der Waals surface area contributed by atoms with Crippen LogP contribution < -0.4 is 10.1 Å². The van der Waals surface area contributed by atoms with E-state index in [1.807, 2.05) is 18.2 Å². The van der Waals surface area contributed by atoms with E-state index >= 15 is 0 Å². The largest absolute Gasteiger partial charge is 0.511 e. The number of rotatable bonds is 7. The molecule has 2 aromatic carbocycles. The first-order chi connectivity index (χ1) is 12.5. The molecule has 0 unspecified atom stereocenters. The average Bonchev–Trinajstić information content (AvgIpc) is 2.63. The Morgan fingerprint density at radius 2 is 1.69 bits per heavy atom. The summed E-state index contributed by atoms with van der Waals surface area (Å²) in [5, 5.41) is 22.5. The van der Waals surface area contributed by atoms with Crippen molar-refractivity contribution < 1.29 is 19.6 Å². The molecule has 7 nitrogen and oxygen atoms in total. The van der Waals surface area contributed by atoms with Crippen molar-refractivity contribution in [1.29, 1.82) is 0 Å². The molecule has 0 atom stereocenters. The van der Waals surface area contributed by atoms with Crippen molar-refractivity contribution in [3.05, 3.63) is 58.6 Å². The molecular formula is C17H18Cl2N2O5. The van der Waals surface area contributed by atoms with Gasteiger partial charge >= 0.3 is 11.8 Å². The standard InChI is InChI=1S/C13H9NO5.C4H9Cl2N/c15-13(16)19-12-7-6-10(8-11(12)14(17)18)9-4-2-1-3-5-9;5-1-3-7-4-2-6/h1-8H,(H,15,16);7H,1-4H2. The lowest BCUT2D eigenvalue weighted by molar-refractivity contribution is -0.385. The van der Waals surface area contributed by atoms with Crippen LogP contribution in [0.25, 0.3) is 11.1 Å². The van der Waals surface area contributed by atoms with Gasteiger partial charge in [-0.05, 0) is 17.2 Å². The Morgan fingerprint density at radius 1 is 1.08 bits per heavy atom. The SMILES string of the molecule is ClCCNCCCl.O=C(O)Oc1ccc(-c2ccccc2)cc1[N+](=O)[O-]. The summed E-state index contributed by atoms with van der Waals surface area (Å²) in [6.07, 6.45) is -1.59. The zero-order valence-electron chi connectivity index (χ0n) is 13.7. The molecule has 0 aromatic heterocycles. The number of carbonyl (C=O) groups is 1. The van der Waals surface area contributed by atoms with Gasteiger partial charge in [-0.25, -0.2) is 4.79 Å². The Kier molecular flexibility index (Phi) is 10.1. The molecule has 0 aliphatic rings. The molecule has 0 radical (unpaired) electrons. The number of benzene rings is 2. The van der Waals surface area contributed by atoms with E-state index in [9.17, 15) is 14.9 Å². The van der Waals surface area contributed by atoms with Gasteiger partial charge < -0.3 is 15.2 Å². The number of hydrogen-bond acceptors (Lipinski definition) is 5. The molecule has 0 saturated carbocycles. The molecule has 0 fully saturated rings. The molecule has 0 aliphatic heterocycles. The fourth-order valence-electron chi connectivity index (χ4n) is 1.91. The molecule has 0 heterocycles. The fraction of sp³-hybridized carbons (Fsp3) is 0.235. The summed E-state index contributed by atoms with van der Waals surface area (Å²) < 4.78 is 4.37. The topological polar surface area (TPSA) is 102 Å². The number of carboxylic acid groups (broad SMARTS) is 1. The highest BCUT2D eigenvalue weighted by Crippen LogP contribution is 2.32. The van der Waals surface area contributed by atoms with E-state index in [-0.39, 0.29) is 11.4 Å². The predicted molar refractivity (Wildman–Crippen MR) is 101 cm³/mol. The maximum atomic E-state index is 10.9. The van der Waals surface area contributed by atoms with E-state index in [1.165, 1.54) is 12.1 Å². The second kappa shape index (κ2) is 12.1. The van der Waals surface area contributed by atoms with Crippen LogP contribution in [0.4, 0.5) is 10.5 Å². The highest BCUT2D eigenvalue weighted by molar-refractivity contribution is 6.18. The maximum Gasteiger partial charge on any atom is 0.511 e. The molecule has 2 aromatic rings. The van der Waals surface area contributed by atoms with E-state index in [2.05, 4.69) is 10.1 Å². The third kappa shape index (κ3) is 7.69. The second-order valence-corrected chi connectivity index (χ2v) is 5.56. The highest BCUT2D eigenvalue weighted by atomic mass is 35.5. The molecule has 0 saturated heterocycles. The zero-order valence-corrected chi connectivity index (χ0v) is 15.2. The Labute approximate surface area is 160 Å². The van der Waals surface area contributed by atoms with Crippen LogP contribution in [-0.4, -0.2) is 41.0 Å². The van der Waals surface area contributed by atoms with Gasteiger partial charge in [-0.1, -0.05) is 36.4 Å². The van der Waals surface area contributed by atoms with Gasteiger partial charge in [-0.3, -0.25) is 10.1 Å². The minimum Gasteiger partial charge on any atom is -0.449 e. The van der Waals surface area contributed by atoms with Gasteiger partial charge in [-0.15, -0.1) is 23.2 Å². The molecule has 140 valence electrons. The lowest BCUT2D eigenvalue weighted by atomic mass is 10.1. The van der Waals surface area contributed by atoms with Crippen molar-refractivity contribution in [3.8, 4) is 16.9 Å². The quantitative estimate of drug-likeness (QED) is 0.178. The summed E-state index contributed by atoms with van der Waals surface area (Å²) in [4.78, 5) is 20.7. The number of nitro benzene ring substituents is 1. The van der Waals surface area contributed by atoms with Crippen molar-refractivity contribution in [2.45, 2.75) is 0 Å². The fourth-order valence-corrected chi connectivity index (χ4v) is 2.18. The van der Waals surface area contributed by atoms with E-state index < -0.39 is 11.1 Å². The van der Waals surface area contributed by atoms with Crippen LogP contribution in [-0.2, 0) is 0 Å². The van der Waals surface area contributed by atoms with Gasteiger partial charge in [0.05, 0.1) is 4.92 Å². The van der Waals surface area contributed by atoms with E-state index in [0.29, 0.717) is 17.3 Å². The number of nitro groups is 1. The van der Waals surface area contributed by atoms with E-state index in [0.717, 1.165) is 18.7 Å². The number of hydrogen-bond donors (Lipinski definition) is 2. The Hall–Kier alpha value is -2.35. The second-order valence-electron chi connectivity index (χ2n) is 4.80. The Morgan fingerprint density at radius 3 is 2.19 bits per heavy atom. The first kappa shape index (κ1) is 21.7. The van der Waals surface area contributed by atoms with E-state index in [4.69, 9.17) is 28.3 Å². The first-order valence-electron chi connectivity index (χ1n) is 7.57. The molecular weight excluding hydrogens is 383 g/mol. The summed E-state index contributed by atoms with van der Waals surface area (Å²) in [5.74, 6) is 1.03. The normalized spacial score (nSPS) is 9.77. The molecule has 2 rings (SSSR count). The number of nitrogens with one attached hydrogen (secondary N) is 1. The molecule has 0 bridgehead atoms. The van der Waals surface area contributed by atoms with Gasteiger partial charge in [0.25, 0.3) is 0 Å². The lowest BCUT2D eigenvalue weighted by Gasteiger charge is -2.05. The lowest BCUT2D eigenvalue weighted by Crippen LogP contribution is -2.18. The van der Waals surface area contributed by atoms with Crippen LogP contribution in [0.15, 0.2) is 48.5 Å².